The number of imide groups is 1. The summed E-state index contributed by atoms with van der Waals surface area (Å²) in [5, 5.41) is 2.49. The van der Waals surface area contributed by atoms with Gasteiger partial charge in [-0.2, -0.15) is 0 Å². The molecular weight excluding hydrogens is 549 g/mol. The number of hydrogen-bond acceptors (Lipinski definition) is 6. The van der Waals surface area contributed by atoms with Gasteiger partial charge in [0.15, 0.2) is 0 Å². The lowest BCUT2D eigenvalue weighted by molar-refractivity contribution is -0.122. The zero-order valence-electron chi connectivity index (χ0n) is 21.6. The third-order valence-electron chi connectivity index (χ3n) is 7.21. The third kappa shape index (κ3) is 4.56. The highest BCUT2D eigenvalue weighted by molar-refractivity contribution is 8.00. The number of benzene rings is 3. The van der Waals surface area contributed by atoms with Gasteiger partial charge in [0.1, 0.15) is 17.6 Å². The molecule has 0 spiro atoms. The first kappa shape index (κ1) is 26.2. The van der Waals surface area contributed by atoms with E-state index < -0.39 is 22.9 Å². The van der Waals surface area contributed by atoms with Crippen LogP contribution in [0.4, 0.5) is 15.8 Å². The van der Waals surface area contributed by atoms with Crippen molar-refractivity contribution in [2.75, 3.05) is 10.2 Å². The lowest BCUT2D eigenvalue weighted by Crippen LogP contribution is -2.33. The molecule has 4 aromatic rings. The number of nitrogens with one attached hydrogen (secondary N) is 1. The largest absolute Gasteiger partial charge is 0.325 e. The number of thioether (sulfide) groups is 1. The topological polar surface area (TPSA) is 88.5 Å². The monoisotopic (exact) mass is 573 g/mol. The van der Waals surface area contributed by atoms with Crippen LogP contribution >= 0.6 is 23.1 Å². The first-order chi connectivity index (χ1) is 19.2. The molecule has 2 aliphatic rings. The smallest absolute Gasteiger partial charge is 0.308 e. The number of fused-ring (bicyclic) bond motifs is 2. The molecule has 202 valence electrons. The van der Waals surface area contributed by atoms with Crippen LogP contribution in [0.3, 0.4) is 0 Å². The van der Waals surface area contributed by atoms with Gasteiger partial charge in [-0.05, 0) is 55.8 Å². The number of amides is 3. The molecule has 3 amide bonds. The minimum atomic E-state index is -0.809. The SMILES string of the molecule is Cc1ccc(NC(=O)Cn2c3c(sc2=O)C(c2ccc(F)cc2)C2C(=O)N(c4ccc(C)cc4)C(=O)C2S3)cc1. The highest BCUT2D eigenvalue weighted by atomic mass is 32.2. The van der Waals surface area contributed by atoms with E-state index >= 15 is 0 Å². The molecule has 1 fully saturated rings. The molecule has 3 atom stereocenters. The Labute approximate surface area is 237 Å². The zero-order chi connectivity index (χ0) is 28.1. The van der Waals surface area contributed by atoms with Crippen LogP contribution in [0, 0.1) is 25.6 Å². The van der Waals surface area contributed by atoms with E-state index in [4.69, 9.17) is 0 Å². The minimum Gasteiger partial charge on any atom is -0.325 e. The molecule has 3 aromatic carbocycles. The van der Waals surface area contributed by atoms with E-state index in [1.165, 1.54) is 21.6 Å². The summed E-state index contributed by atoms with van der Waals surface area (Å²) in [7, 11) is 0. The second-order valence-corrected chi connectivity index (χ2v) is 12.1. The summed E-state index contributed by atoms with van der Waals surface area (Å²) in [6.45, 7) is 3.62. The van der Waals surface area contributed by atoms with E-state index in [1.807, 2.05) is 38.1 Å². The number of rotatable bonds is 5. The fraction of sp³-hybridized carbons (Fsp3) is 0.200. The summed E-state index contributed by atoms with van der Waals surface area (Å²) in [4.78, 5) is 55.2. The van der Waals surface area contributed by atoms with Gasteiger partial charge in [-0.3, -0.25) is 23.7 Å². The van der Waals surface area contributed by atoms with Crippen molar-refractivity contribution in [2.24, 2.45) is 5.92 Å². The van der Waals surface area contributed by atoms with Crippen LogP contribution in [-0.2, 0) is 20.9 Å². The summed E-state index contributed by atoms with van der Waals surface area (Å²) < 4.78 is 15.2. The highest BCUT2D eigenvalue weighted by Gasteiger charge is 2.56. The van der Waals surface area contributed by atoms with Gasteiger partial charge in [-0.15, -0.1) is 0 Å². The van der Waals surface area contributed by atoms with Gasteiger partial charge in [0.25, 0.3) is 0 Å². The molecule has 2 aliphatic heterocycles. The molecule has 3 unspecified atom stereocenters. The number of halogens is 1. The molecule has 0 radical (unpaired) electrons. The van der Waals surface area contributed by atoms with Crippen molar-refractivity contribution in [1.29, 1.82) is 0 Å². The Kier molecular flexibility index (Phi) is 6.67. The van der Waals surface area contributed by atoms with Gasteiger partial charge in [-0.1, -0.05) is 70.6 Å². The third-order valence-corrected chi connectivity index (χ3v) is 9.81. The minimum absolute atomic E-state index is 0.247. The molecule has 3 heterocycles. The van der Waals surface area contributed by atoms with Gasteiger partial charge in [0.2, 0.25) is 17.7 Å². The average Bonchev–Trinajstić information content (AvgIpc) is 3.37. The number of aromatic nitrogens is 1. The molecule has 1 aromatic heterocycles. The van der Waals surface area contributed by atoms with Crippen molar-refractivity contribution in [1.82, 2.24) is 4.57 Å². The fourth-order valence-electron chi connectivity index (χ4n) is 5.21. The molecule has 1 saturated heterocycles. The molecule has 1 N–H and O–H groups in total. The maximum atomic E-state index is 13.9. The maximum Gasteiger partial charge on any atom is 0.308 e. The summed E-state index contributed by atoms with van der Waals surface area (Å²) in [5.74, 6) is -2.99. The standard InChI is InChI=1S/C30H24FN3O4S2/c1-16-3-11-20(12-4-16)32-22(35)15-33-29-26(40-30(33)38)23(18-7-9-19(31)10-8-18)24-25(39-29)28(37)34(27(24)36)21-13-5-17(2)6-14-21/h3-14,23-25H,15H2,1-2H3,(H,32,35). The lowest BCUT2D eigenvalue weighted by Gasteiger charge is -2.30. The van der Waals surface area contributed by atoms with Crippen LogP contribution in [0.5, 0.6) is 0 Å². The maximum absolute atomic E-state index is 13.9. The van der Waals surface area contributed by atoms with E-state index in [2.05, 4.69) is 5.32 Å². The van der Waals surface area contributed by atoms with E-state index in [1.54, 1.807) is 36.4 Å². The molecule has 10 heteroatoms. The number of aryl methyl sites for hydroxylation is 2. The predicted octanol–water partition coefficient (Wildman–Crippen LogP) is 5.10. The van der Waals surface area contributed by atoms with Crippen molar-refractivity contribution in [3.8, 4) is 0 Å². The van der Waals surface area contributed by atoms with Gasteiger partial charge >= 0.3 is 4.87 Å². The zero-order valence-corrected chi connectivity index (χ0v) is 23.2. The van der Waals surface area contributed by atoms with Crippen LogP contribution in [0.15, 0.2) is 82.6 Å². The van der Waals surface area contributed by atoms with Crippen molar-refractivity contribution in [3.05, 3.63) is 110 Å². The number of anilines is 2. The fourth-order valence-corrected chi connectivity index (χ4v) is 7.99. The molecule has 0 saturated carbocycles. The summed E-state index contributed by atoms with van der Waals surface area (Å²) in [5.41, 5.74) is 3.76. The van der Waals surface area contributed by atoms with Crippen LogP contribution in [-0.4, -0.2) is 27.5 Å². The molecule has 40 heavy (non-hydrogen) atoms. The Balaban J connectivity index is 1.40. The summed E-state index contributed by atoms with van der Waals surface area (Å²) in [6, 6.07) is 20.2. The van der Waals surface area contributed by atoms with Crippen molar-refractivity contribution in [2.45, 2.75) is 36.6 Å². The first-order valence-corrected chi connectivity index (χ1v) is 14.4. The Morgan fingerprint density at radius 3 is 2.15 bits per heavy atom. The quantitative estimate of drug-likeness (QED) is 0.336. The molecule has 0 aliphatic carbocycles. The van der Waals surface area contributed by atoms with Gasteiger partial charge in [-0.25, -0.2) is 9.29 Å². The Morgan fingerprint density at radius 2 is 1.50 bits per heavy atom. The predicted molar refractivity (Wildman–Crippen MR) is 153 cm³/mol. The normalized spacial score (nSPS) is 19.9. The Morgan fingerprint density at radius 1 is 0.875 bits per heavy atom. The van der Waals surface area contributed by atoms with Crippen LogP contribution in [0.2, 0.25) is 0 Å². The second kappa shape index (κ2) is 10.2. The molecular formula is C30H24FN3O4S2. The Bertz CT molecular complexity index is 1690. The van der Waals surface area contributed by atoms with Crippen molar-refractivity contribution in [3.63, 3.8) is 0 Å². The number of thiazole rings is 1. The van der Waals surface area contributed by atoms with E-state index in [0.29, 0.717) is 26.8 Å². The molecule has 6 rings (SSSR count). The van der Waals surface area contributed by atoms with Crippen LogP contribution in [0.1, 0.15) is 27.5 Å². The second-order valence-electron chi connectivity index (χ2n) is 9.98. The van der Waals surface area contributed by atoms with Gasteiger partial charge in [0.05, 0.1) is 16.6 Å². The van der Waals surface area contributed by atoms with E-state index in [0.717, 1.165) is 34.2 Å². The van der Waals surface area contributed by atoms with Crippen molar-refractivity contribution >= 4 is 52.2 Å². The van der Waals surface area contributed by atoms with Crippen LogP contribution < -0.4 is 15.1 Å². The number of carbonyl (C=O) groups is 3. The lowest BCUT2D eigenvalue weighted by atomic mass is 9.83. The molecule has 0 bridgehead atoms. The first-order valence-electron chi connectivity index (χ1n) is 12.7. The Hall–Kier alpha value is -4.02. The van der Waals surface area contributed by atoms with Gasteiger partial charge < -0.3 is 5.32 Å². The molecule has 7 nitrogen and oxygen atoms in total. The van der Waals surface area contributed by atoms with E-state index in [9.17, 15) is 23.6 Å². The van der Waals surface area contributed by atoms with E-state index in [-0.39, 0.29) is 29.1 Å². The van der Waals surface area contributed by atoms with Crippen LogP contribution in [0.25, 0.3) is 0 Å². The van der Waals surface area contributed by atoms with Crippen molar-refractivity contribution < 1.29 is 18.8 Å². The highest BCUT2D eigenvalue weighted by Crippen LogP contribution is 2.53. The summed E-state index contributed by atoms with van der Waals surface area (Å²) >= 11 is 2.10. The number of nitrogens with zero attached hydrogens (tertiary/aromatic N) is 2. The number of hydrogen-bond donors (Lipinski definition) is 1. The summed E-state index contributed by atoms with van der Waals surface area (Å²) in [6.07, 6.45) is 0. The average molecular weight is 574 g/mol. The van der Waals surface area contributed by atoms with Gasteiger partial charge in [0, 0.05) is 16.5 Å². The number of carbonyl (C=O) groups excluding carboxylic acids is 3.